The Labute approximate surface area is 109 Å². The Morgan fingerprint density at radius 1 is 1.38 bits per heavy atom. The van der Waals surface area contributed by atoms with Crippen LogP contribution in [0, 0.1) is 5.92 Å². The van der Waals surface area contributed by atoms with Crippen molar-refractivity contribution in [3.63, 3.8) is 0 Å². The molecule has 86 valence electrons. The Balaban J connectivity index is 1.99. The monoisotopic (exact) mass is 300 g/mol. The van der Waals surface area contributed by atoms with E-state index in [1.54, 1.807) is 0 Å². The van der Waals surface area contributed by atoms with Crippen LogP contribution in [-0.4, -0.2) is 6.61 Å². The first-order chi connectivity index (χ1) is 7.75. The number of hydrogen-bond donors (Lipinski definition) is 0. The molecule has 1 unspecified atom stereocenters. The van der Waals surface area contributed by atoms with Crippen molar-refractivity contribution in [2.45, 2.75) is 31.1 Å². The highest BCUT2D eigenvalue weighted by atomic mass is 79.9. The third kappa shape index (κ3) is 1.76. The number of ether oxygens (including phenoxy) is 1. The molecule has 2 aliphatic rings. The fourth-order valence-electron chi connectivity index (χ4n) is 2.49. The summed E-state index contributed by atoms with van der Waals surface area (Å²) in [4.78, 5) is 0. The molecule has 3 heteroatoms. The van der Waals surface area contributed by atoms with Gasteiger partial charge in [-0.3, -0.25) is 0 Å². The summed E-state index contributed by atoms with van der Waals surface area (Å²) < 4.78 is 6.84. The molecule has 1 heterocycles. The molecule has 16 heavy (non-hydrogen) atoms. The van der Waals surface area contributed by atoms with Gasteiger partial charge in [0.2, 0.25) is 0 Å². The van der Waals surface area contributed by atoms with Gasteiger partial charge in [-0.2, -0.15) is 0 Å². The number of benzene rings is 1. The van der Waals surface area contributed by atoms with Crippen LogP contribution in [0.2, 0.25) is 0 Å². The number of fused-ring (bicyclic) bond motifs is 1. The highest BCUT2D eigenvalue weighted by molar-refractivity contribution is 9.10. The molecule has 1 saturated carbocycles. The minimum Gasteiger partial charge on any atom is -0.493 e. The highest BCUT2D eigenvalue weighted by Crippen LogP contribution is 2.47. The molecule has 0 saturated heterocycles. The predicted molar refractivity (Wildman–Crippen MR) is 69.3 cm³/mol. The highest BCUT2D eigenvalue weighted by Gasteiger charge is 2.31. The molecule has 1 aliphatic heterocycles. The first-order valence-corrected chi connectivity index (χ1v) is 7.08. The SMILES string of the molecule is ClC(c1cc(Br)cc2c1OCC2)C1CCC1. The van der Waals surface area contributed by atoms with Crippen LogP contribution in [0.4, 0.5) is 0 Å². The van der Waals surface area contributed by atoms with E-state index in [4.69, 9.17) is 16.3 Å². The summed E-state index contributed by atoms with van der Waals surface area (Å²) in [6.45, 7) is 0.799. The zero-order valence-corrected chi connectivity index (χ0v) is 11.4. The van der Waals surface area contributed by atoms with Crippen LogP contribution in [0.15, 0.2) is 16.6 Å². The molecule has 1 aromatic carbocycles. The van der Waals surface area contributed by atoms with Gasteiger partial charge in [0, 0.05) is 16.5 Å². The van der Waals surface area contributed by atoms with Gasteiger partial charge in [-0.1, -0.05) is 22.4 Å². The lowest BCUT2D eigenvalue weighted by atomic mass is 9.80. The van der Waals surface area contributed by atoms with Crippen molar-refractivity contribution in [2.24, 2.45) is 5.92 Å². The van der Waals surface area contributed by atoms with Crippen molar-refractivity contribution >= 4 is 27.5 Å². The van der Waals surface area contributed by atoms with E-state index in [0.717, 1.165) is 23.2 Å². The summed E-state index contributed by atoms with van der Waals surface area (Å²) in [5.74, 6) is 1.69. The van der Waals surface area contributed by atoms with E-state index in [1.165, 1.54) is 30.4 Å². The molecular weight excluding hydrogens is 287 g/mol. The molecule has 0 amide bonds. The summed E-state index contributed by atoms with van der Waals surface area (Å²) in [5, 5.41) is 0.123. The van der Waals surface area contributed by atoms with Crippen LogP contribution in [0.1, 0.15) is 35.8 Å². The number of rotatable bonds is 2. The third-order valence-corrected chi connectivity index (χ3v) is 4.69. The molecule has 0 N–H and O–H groups in total. The van der Waals surface area contributed by atoms with Crippen LogP contribution in [-0.2, 0) is 6.42 Å². The van der Waals surface area contributed by atoms with Crippen molar-refractivity contribution in [1.82, 2.24) is 0 Å². The first kappa shape index (κ1) is 10.9. The molecule has 3 rings (SSSR count). The van der Waals surface area contributed by atoms with Gasteiger partial charge in [-0.15, -0.1) is 11.6 Å². The Bertz CT molecular complexity index is 415. The van der Waals surface area contributed by atoms with Gasteiger partial charge in [-0.25, -0.2) is 0 Å². The van der Waals surface area contributed by atoms with Crippen LogP contribution >= 0.6 is 27.5 Å². The predicted octanol–water partition coefficient (Wildman–Crippen LogP) is 4.46. The van der Waals surface area contributed by atoms with Crippen molar-refractivity contribution < 1.29 is 4.74 Å². The third-order valence-electron chi connectivity index (χ3n) is 3.64. The van der Waals surface area contributed by atoms with E-state index in [9.17, 15) is 0 Å². The van der Waals surface area contributed by atoms with Crippen molar-refractivity contribution in [1.29, 1.82) is 0 Å². The van der Waals surface area contributed by atoms with Crippen molar-refractivity contribution in [3.8, 4) is 5.75 Å². The van der Waals surface area contributed by atoms with Crippen LogP contribution in [0.25, 0.3) is 0 Å². The number of hydrogen-bond acceptors (Lipinski definition) is 1. The lowest BCUT2D eigenvalue weighted by Crippen LogP contribution is -2.17. The second-order valence-electron chi connectivity index (χ2n) is 4.67. The maximum absolute atomic E-state index is 6.56. The summed E-state index contributed by atoms with van der Waals surface area (Å²) in [6.07, 6.45) is 4.85. The minimum absolute atomic E-state index is 0.123. The van der Waals surface area contributed by atoms with E-state index in [0.29, 0.717) is 5.92 Å². The first-order valence-electron chi connectivity index (χ1n) is 5.85. The molecule has 0 aromatic heterocycles. The molecule has 0 radical (unpaired) electrons. The Kier molecular flexibility index (Phi) is 2.88. The van der Waals surface area contributed by atoms with Gasteiger partial charge in [-0.05, 0) is 36.5 Å². The molecule has 1 aliphatic carbocycles. The normalized spacial score (nSPS) is 21.1. The quantitative estimate of drug-likeness (QED) is 0.733. The minimum atomic E-state index is 0.123. The van der Waals surface area contributed by atoms with Gasteiger partial charge in [0.25, 0.3) is 0 Å². The van der Waals surface area contributed by atoms with Gasteiger partial charge >= 0.3 is 0 Å². The summed E-state index contributed by atoms with van der Waals surface area (Å²) in [7, 11) is 0. The lowest BCUT2D eigenvalue weighted by Gasteiger charge is -2.30. The fourth-order valence-corrected chi connectivity index (χ4v) is 3.43. The fraction of sp³-hybridized carbons (Fsp3) is 0.538. The molecule has 1 aromatic rings. The largest absolute Gasteiger partial charge is 0.493 e. The van der Waals surface area contributed by atoms with Gasteiger partial charge in [0.05, 0.1) is 12.0 Å². The second kappa shape index (κ2) is 4.23. The maximum Gasteiger partial charge on any atom is 0.127 e. The van der Waals surface area contributed by atoms with Crippen molar-refractivity contribution in [2.75, 3.05) is 6.61 Å². The lowest BCUT2D eigenvalue weighted by molar-refractivity contribution is 0.297. The Hall–Kier alpha value is -0.210. The molecule has 0 spiro atoms. The van der Waals surface area contributed by atoms with Crippen LogP contribution in [0.5, 0.6) is 5.75 Å². The molecule has 1 nitrogen and oxygen atoms in total. The Morgan fingerprint density at radius 2 is 2.19 bits per heavy atom. The summed E-state index contributed by atoms with van der Waals surface area (Å²) >= 11 is 10.1. The van der Waals surface area contributed by atoms with E-state index in [1.807, 2.05) is 0 Å². The smallest absolute Gasteiger partial charge is 0.127 e. The Morgan fingerprint density at radius 3 is 2.88 bits per heavy atom. The average molecular weight is 302 g/mol. The van der Waals surface area contributed by atoms with E-state index in [2.05, 4.69) is 28.1 Å². The van der Waals surface area contributed by atoms with Gasteiger partial charge in [0.1, 0.15) is 5.75 Å². The van der Waals surface area contributed by atoms with Crippen LogP contribution in [0.3, 0.4) is 0 Å². The van der Waals surface area contributed by atoms with Gasteiger partial charge in [0.15, 0.2) is 0 Å². The van der Waals surface area contributed by atoms with E-state index in [-0.39, 0.29) is 5.38 Å². The molecule has 1 fully saturated rings. The zero-order valence-electron chi connectivity index (χ0n) is 9.01. The summed E-state index contributed by atoms with van der Waals surface area (Å²) in [6, 6.07) is 4.27. The number of halogens is 2. The topological polar surface area (TPSA) is 9.23 Å². The second-order valence-corrected chi connectivity index (χ2v) is 6.06. The van der Waals surface area contributed by atoms with Crippen molar-refractivity contribution in [3.05, 3.63) is 27.7 Å². The van der Waals surface area contributed by atoms with E-state index >= 15 is 0 Å². The number of alkyl halides is 1. The molecule has 1 atom stereocenters. The standard InChI is InChI=1S/C13H14BrClO/c14-10-6-9-4-5-16-13(9)11(7-10)12(15)8-2-1-3-8/h6-8,12H,1-5H2. The maximum atomic E-state index is 6.56. The van der Waals surface area contributed by atoms with Crippen LogP contribution < -0.4 is 4.74 Å². The summed E-state index contributed by atoms with van der Waals surface area (Å²) in [5.41, 5.74) is 2.49. The van der Waals surface area contributed by atoms with Gasteiger partial charge < -0.3 is 4.74 Å². The molecular formula is C13H14BrClO. The average Bonchev–Trinajstić information content (AvgIpc) is 2.60. The molecule has 0 bridgehead atoms. The van der Waals surface area contributed by atoms with E-state index < -0.39 is 0 Å². The zero-order chi connectivity index (χ0) is 11.1.